The Bertz CT molecular complexity index is 381. The molecule has 0 radical (unpaired) electrons. The summed E-state index contributed by atoms with van der Waals surface area (Å²) in [5, 5.41) is 0. The van der Waals surface area contributed by atoms with Crippen molar-refractivity contribution in [2.24, 2.45) is 11.1 Å². The minimum Gasteiger partial charge on any atom is -0.392 e. The highest BCUT2D eigenvalue weighted by Gasteiger charge is 2.43. The van der Waals surface area contributed by atoms with Crippen molar-refractivity contribution in [2.75, 3.05) is 26.2 Å². The maximum Gasteiger partial charge on any atom is 0.235 e. The minimum atomic E-state index is -0.611. The summed E-state index contributed by atoms with van der Waals surface area (Å²) < 4.78 is 0. The lowest BCUT2D eigenvalue weighted by Gasteiger charge is -2.41. The van der Waals surface area contributed by atoms with Gasteiger partial charge in [-0.3, -0.25) is 9.69 Å². The molecule has 1 saturated heterocycles. The van der Waals surface area contributed by atoms with Gasteiger partial charge in [0.15, 0.2) is 0 Å². The number of nitrogens with two attached hydrogens (primary N) is 1. The van der Waals surface area contributed by atoms with E-state index in [9.17, 15) is 4.79 Å². The predicted octanol–water partition coefficient (Wildman–Crippen LogP) is 2.17. The van der Waals surface area contributed by atoms with Gasteiger partial charge in [-0.15, -0.1) is 0 Å². The van der Waals surface area contributed by atoms with Crippen LogP contribution in [0.4, 0.5) is 0 Å². The maximum atomic E-state index is 13.1. The SMILES string of the molecule is CCCC(CCC)(C(=O)N1CCN(C2CC2)CC1)C(N)=S. The topological polar surface area (TPSA) is 49.6 Å². The van der Waals surface area contributed by atoms with Crippen molar-refractivity contribution < 1.29 is 4.79 Å². The van der Waals surface area contributed by atoms with E-state index in [1.165, 1.54) is 12.8 Å². The number of amides is 1. The molecular formula is C16H29N3OS. The van der Waals surface area contributed by atoms with E-state index in [0.29, 0.717) is 4.99 Å². The van der Waals surface area contributed by atoms with Gasteiger partial charge < -0.3 is 10.6 Å². The van der Waals surface area contributed by atoms with E-state index in [2.05, 4.69) is 18.7 Å². The number of thiocarbonyl (C=S) groups is 1. The molecule has 0 unspecified atom stereocenters. The summed E-state index contributed by atoms with van der Waals surface area (Å²) in [6, 6.07) is 0.786. The van der Waals surface area contributed by atoms with E-state index in [4.69, 9.17) is 18.0 Å². The molecule has 0 bridgehead atoms. The van der Waals surface area contributed by atoms with Gasteiger partial charge in [-0.05, 0) is 25.7 Å². The second-order valence-electron chi connectivity index (χ2n) is 6.51. The summed E-state index contributed by atoms with van der Waals surface area (Å²) >= 11 is 5.30. The largest absolute Gasteiger partial charge is 0.392 e. The van der Waals surface area contributed by atoms with E-state index in [1.807, 2.05) is 4.90 Å². The maximum absolute atomic E-state index is 13.1. The average molecular weight is 311 g/mol. The normalized spacial score (nSPS) is 20.6. The molecule has 4 nitrogen and oxygen atoms in total. The van der Waals surface area contributed by atoms with E-state index >= 15 is 0 Å². The molecule has 1 aliphatic heterocycles. The molecule has 21 heavy (non-hydrogen) atoms. The van der Waals surface area contributed by atoms with Crippen molar-refractivity contribution in [3.8, 4) is 0 Å². The summed E-state index contributed by atoms with van der Waals surface area (Å²) in [5.41, 5.74) is 5.40. The number of hydrogen-bond acceptors (Lipinski definition) is 3. The van der Waals surface area contributed by atoms with Gasteiger partial charge in [-0.1, -0.05) is 38.9 Å². The lowest BCUT2D eigenvalue weighted by molar-refractivity contribution is -0.141. The molecular weight excluding hydrogens is 282 g/mol. The average Bonchev–Trinajstić information content (AvgIpc) is 3.31. The van der Waals surface area contributed by atoms with E-state index in [1.54, 1.807) is 0 Å². The summed E-state index contributed by atoms with van der Waals surface area (Å²) in [7, 11) is 0. The van der Waals surface area contributed by atoms with Crippen LogP contribution in [0.15, 0.2) is 0 Å². The quantitative estimate of drug-likeness (QED) is 0.732. The lowest BCUT2D eigenvalue weighted by Crippen LogP contribution is -2.56. The lowest BCUT2D eigenvalue weighted by atomic mass is 9.77. The summed E-state index contributed by atoms with van der Waals surface area (Å²) in [6.45, 7) is 7.85. The molecule has 1 amide bonds. The second-order valence-corrected chi connectivity index (χ2v) is 6.95. The number of carbonyl (C=O) groups is 1. The number of hydrogen-bond donors (Lipinski definition) is 1. The highest BCUT2D eigenvalue weighted by molar-refractivity contribution is 7.80. The minimum absolute atomic E-state index is 0.175. The van der Waals surface area contributed by atoms with Crippen LogP contribution in [0.25, 0.3) is 0 Å². The van der Waals surface area contributed by atoms with Gasteiger partial charge in [0, 0.05) is 32.2 Å². The van der Waals surface area contributed by atoms with Crippen molar-refractivity contribution in [1.29, 1.82) is 0 Å². The van der Waals surface area contributed by atoms with Crippen LogP contribution in [0.3, 0.4) is 0 Å². The van der Waals surface area contributed by atoms with Gasteiger partial charge in [-0.2, -0.15) is 0 Å². The Labute approximate surface area is 134 Å². The third-order valence-corrected chi connectivity index (χ3v) is 5.29. The Kier molecular flexibility index (Phi) is 5.60. The smallest absolute Gasteiger partial charge is 0.235 e. The van der Waals surface area contributed by atoms with Gasteiger partial charge >= 0.3 is 0 Å². The number of rotatable bonds is 7. The molecule has 1 saturated carbocycles. The van der Waals surface area contributed by atoms with Crippen LogP contribution in [-0.4, -0.2) is 52.9 Å². The van der Waals surface area contributed by atoms with E-state index in [0.717, 1.165) is 57.9 Å². The van der Waals surface area contributed by atoms with Gasteiger partial charge in [0.25, 0.3) is 0 Å². The van der Waals surface area contributed by atoms with Gasteiger partial charge in [-0.25, -0.2) is 0 Å². The monoisotopic (exact) mass is 311 g/mol. The van der Waals surface area contributed by atoms with Crippen molar-refractivity contribution in [2.45, 2.75) is 58.4 Å². The van der Waals surface area contributed by atoms with Crippen LogP contribution in [0.2, 0.25) is 0 Å². The second kappa shape index (κ2) is 7.05. The zero-order valence-electron chi connectivity index (χ0n) is 13.4. The fraction of sp³-hybridized carbons (Fsp3) is 0.875. The molecule has 5 heteroatoms. The van der Waals surface area contributed by atoms with Crippen LogP contribution in [-0.2, 0) is 4.79 Å². The van der Waals surface area contributed by atoms with Crippen molar-refractivity contribution in [3.05, 3.63) is 0 Å². The van der Waals surface area contributed by atoms with Crippen LogP contribution in [0.1, 0.15) is 52.4 Å². The Morgan fingerprint density at radius 1 is 1.14 bits per heavy atom. The third kappa shape index (κ3) is 3.57. The molecule has 120 valence electrons. The molecule has 0 spiro atoms. The third-order valence-electron chi connectivity index (χ3n) is 4.90. The zero-order valence-corrected chi connectivity index (χ0v) is 14.3. The predicted molar refractivity (Wildman–Crippen MR) is 90.2 cm³/mol. The van der Waals surface area contributed by atoms with Gasteiger partial charge in [0.1, 0.15) is 0 Å². The molecule has 0 aromatic rings. The molecule has 2 aliphatic rings. The Morgan fingerprint density at radius 2 is 1.67 bits per heavy atom. The first-order chi connectivity index (χ1) is 10.0. The highest BCUT2D eigenvalue weighted by atomic mass is 32.1. The van der Waals surface area contributed by atoms with Crippen LogP contribution in [0.5, 0.6) is 0 Å². The number of piperazine rings is 1. The van der Waals surface area contributed by atoms with E-state index in [-0.39, 0.29) is 5.91 Å². The molecule has 1 heterocycles. The van der Waals surface area contributed by atoms with Crippen molar-refractivity contribution in [3.63, 3.8) is 0 Å². The molecule has 2 fully saturated rings. The molecule has 2 N–H and O–H groups in total. The van der Waals surface area contributed by atoms with E-state index < -0.39 is 5.41 Å². The number of carbonyl (C=O) groups excluding carboxylic acids is 1. The van der Waals surface area contributed by atoms with Crippen LogP contribution in [0, 0.1) is 5.41 Å². The molecule has 1 aliphatic carbocycles. The molecule has 0 aromatic carbocycles. The van der Waals surface area contributed by atoms with Crippen LogP contribution < -0.4 is 5.73 Å². The molecule has 2 rings (SSSR count). The summed E-state index contributed by atoms with van der Waals surface area (Å²) in [4.78, 5) is 18.0. The fourth-order valence-electron chi connectivity index (χ4n) is 3.58. The highest BCUT2D eigenvalue weighted by Crippen LogP contribution is 2.34. The number of nitrogens with zero attached hydrogens (tertiary/aromatic N) is 2. The summed E-state index contributed by atoms with van der Waals surface area (Å²) in [6.07, 6.45) is 6.08. The van der Waals surface area contributed by atoms with Crippen molar-refractivity contribution in [1.82, 2.24) is 9.80 Å². The fourth-order valence-corrected chi connectivity index (χ4v) is 3.87. The zero-order chi connectivity index (χ0) is 15.5. The Morgan fingerprint density at radius 3 is 2.05 bits per heavy atom. The molecule has 0 atom stereocenters. The van der Waals surface area contributed by atoms with Crippen LogP contribution >= 0.6 is 12.2 Å². The first kappa shape index (κ1) is 16.7. The van der Waals surface area contributed by atoms with Crippen molar-refractivity contribution >= 4 is 23.1 Å². The first-order valence-electron chi connectivity index (χ1n) is 8.38. The van der Waals surface area contributed by atoms with Gasteiger partial charge in [0.05, 0.1) is 10.4 Å². The van der Waals surface area contributed by atoms with Gasteiger partial charge in [0.2, 0.25) is 5.91 Å². The first-order valence-corrected chi connectivity index (χ1v) is 8.79. The molecule has 0 aromatic heterocycles. The Hall–Kier alpha value is -0.680. The standard InChI is InChI=1S/C16H29N3OS/c1-3-7-16(8-4-2,14(17)21)15(20)19-11-9-18(10-12-19)13-5-6-13/h13H,3-12H2,1-2H3,(H2,17,21). The Balaban J connectivity index is 2.04. The summed E-state index contributed by atoms with van der Waals surface area (Å²) in [5.74, 6) is 0.175.